The molecule has 2 N–H and O–H groups in total. The quantitative estimate of drug-likeness (QED) is 0.895. The third-order valence-electron chi connectivity index (χ3n) is 3.23. The molecule has 0 aliphatic rings. The summed E-state index contributed by atoms with van der Waals surface area (Å²) in [5.41, 5.74) is 3.81. The van der Waals surface area contributed by atoms with Crippen LogP contribution in [0.3, 0.4) is 0 Å². The van der Waals surface area contributed by atoms with Gasteiger partial charge in [0, 0.05) is 29.3 Å². The molecule has 0 fully saturated rings. The fourth-order valence-corrected chi connectivity index (χ4v) is 2.46. The van der Waals surface area contributed by atoms with Crippen LogP contribution in [0.1, 0.15) is 21.5 Å². The molecule has 0 spiro atoms. The number of nitrogens with one attached hydrogen (secondary N) is 2. The second kappa shape index (κ2) is 6.57. The van der Waals surface area contributed by atoms with Crippen molar-refractivity contribution in [1.82, 2.24) is 5.32 Å². The van der Waals surface area contributed by atoms with Crippen LogP contribution in [0.25, 0.3) is 0 Å². The van der Waals surface area contributed by atoms with Crippen LogP contribution >= 0.6 is 15.9 Å². The molecule has 0 unspecified atom stereocenters. The zero-order valence-electron chi connectivity index (χ0n) is 11.5. The molecule has 4 heteroatoms. The minimum atomic E-state index is -0.0629. The van der Waals surface area contributed by atoms with E-state index in [0.29, 0.717) is 12.1 Å². The second-order valence-electron chi connectivity index (χ2n) is 4.50. The number of hydrogen-bond donors (Lipinski definition) is 2. The molecule has 0 saturated carbocycles. The Morgan fingerprint density at radius 2 is 1.90 bits per heavy atom. The monoisotopic (exact) mass is 332 g/mol. The van der Waals surface area contributed by atoms with Gasteiger partial charge in [-0.25, -0.2) is 0 Å². The van der Waals surface area contributed by atoms with Crippen molar-refractivity contribution in [3.8, 4) is 0 Å². The minimum absolute atomic E-state index is 0.0629. The Hall–Kier alpha value is -1.81. The number of carbonyl (C=O) groups is 1. The van der Waals surface area contributed by atoms with Gasteiger partial charge in [0.05, 0.1) is 0 Å². The van der Waals surface area contributed by atoms with Crippen molar-refractivity contribution >= 4 is 27.5 Å². The summed E-state index contributed by atoms with van der Waals surface area (Å²) in [4.78, 5) is 11.8. The summed E-state index contributed by atoms with van der Waals surface area (Å²) in [6.07, 6.45) is 0. The van der Waals surface area contributed by atoms with Gasteiger partial charge >= 0.3 is 0 Å². The lowest BCUT2D eigenvalue weighted by atomic mass is 10.1. The van der Waals surface area contributed by atoms with Gasteiger partial charge in [-0.05, 0) is 36.2 Å². The second-order valence-corrected chi connectivity index (χ2v) is 5.36. The number of carbonyl (C=O) groups excluding carboxylic acids is 1. The highest BCUT2D eigenvalue weighted by molar-refractivity contribution is 9.10. The van der Waals surface area contributed by atoms with Crippen LogP contribution < -0.4 is 10.6 Å². The molecule has 104 valence electrons. The summed E-state index contributed by atoms with van der Waals surface area (Å²) in [7, 11) is 1.64. The van der Waals surface area contributed by atoms with E-state index in [2.05, 4.69) is 32.6 Å². The number of rotatable bonds is 4. The number of amides is 1. The Balaban J connectivity index is 2.18. The van der Waals surface area contributed by atoms with E-state index in [1.807, 2.05) is 43.3 Å². The van der Waals surface area contributed by atoms with Gasteiger partial charge in [0.2, 0.25) is 0 Å². The average molecular weight is 333 g/mol. The summed E-state index contributed by atoms with van der Waals surface area (Å²) < 4.78 is 1.08. The van der Waals surface area contributed by atoms with Crippen molar-refractivity contribution in [3.63, 3.8) is 0 Å². The molecule has 0 aliphatic carbocycles. The Morgan fingerprint density at radius 3 is 2.60 bits per heavy atom. The van der Waals surface area contributed by atoms with Crippen LogP contribution in [-0.4, -0.2) is 13.0 Å². The Morgan fingerprint density at radius 1 is 1.15 bits per heavy atom. The molecule has 2 rings (SSSR count). The maximum Gasteiger partial charge on any atom is 0.251 e. The molecule has 2 aromatic rings. The number of hydrogen-bond acceptors (Lipinski definition) is 2. The van der Waals surface area contributed by atoms with Gasteiger partial charge in [-0.3, -0.25) is 4.79 Å². The fourth-order valence-electron chi connectivity index (χ4n) is 2.04. The van der Waals surface area contributed by atoms with Crippen molar-refractivity contribution in [1.29, 1.82) is 0 Å². The molecule has 0 heterocycles. The van der Waals surface area contributed by atoms with E-state index in [1.165, 1.54) is 5.56 Å². The predicted molar refractivity (Wildman–Crippen MR) is 86.0 cm³/mol. The highest BCUT2D eigenvalue weighted by atomic mass is 79.9. The van der Waals surface area contributed by atoms with Crippen LogP contribution in [-0.2, 0) is 6.54 Å². The molecule has 0 aliphatic heterocycles. The number of anilines is 1. The first-order valence-corrected chi connectivity index (χ1v) is 7.21. The molecule has 0 aromatic heterocycles. The third-order valence-corrected chi connectivity index (χ3v) is 4.01. The summed E-state index contributed by atoms with van der Waals surface area (Å²) >= 11 is 3.53. The molecule has 0 saturated heterocycles. The van der Waals surface area contributed by atoms with E-state index in [0.717, 1.165) is 15.7 Å². The topological polar surface area (TPSA) is 41.1 Å². The standard InChI is InChI=1S/C16H17BrN2O/c1-11-13(16(20)18-2)7-5-9-15(11)19-10-12-6-3-4-8-14(12)17/h3-9,19H,10H2,1-2H3,(H,18,20). The molecule has 0 radical (unpaired) electrons. The molecule has 2 aromatic carbocycles. The lowest BCUT2D eigenvalue weighted by Crippen LogP contribution is -2.19. The van der Waals surface area contributed by atoms with Gasteiger partial charge < -0.3 is 10.6 Å². The number of benzene rings is 2. The van der Waals surface area contributed by atoms with Gasteiger partial charge in [0.15, 0.2) is 0 Å². The van der Waals surface area contributed by atoms with Gasteiger partial charge in [-0.1, -0.05) is 40.2 Å². The smallest absolute Gasteiger partial charge is 0.251 e. The van der Waals surface area contributed by atoms with Crippen molar-refractivity contribution in [2.75, 3.05) is 12.4 Å². The minimum Gasteiger partial charge on any atom is -0.381 e. The van der Waals surface area contributed by atoms with Crippen LogP contribution in [0.4, 0.5) is 5.69 Å². The molecular formula is C16H17BrN2O. The predicted octanol–water partition coefficient (Wildman–Crippen LogP) is 3.73. The first-order valence-electron chi connectivity index (χ1n) is 6.42. The van der Waals surface area contributed by atoms with E-state index < -0.39 is 0 Å². The van der Waals surface area contributed by atoms with Crippen LogP contribution in [0.2, 0.25) is 0 Å². The fraction of sp³-hybridized carbons (Fsp3) is 0.188. The molecule has 20 heavy (non-hydrogen) atoms. The highest BCUT2D eigenvalue weighted by Gasteiger charge is 2.10. The van der Waals surface area contributed by atoms with Crippen molar-refractivity contribution in [2.24, 2.45) is 0 Å². The molecule has 3 nitrogen and oxygen atoms in total. The van der Waals surface area contributed by atoms with Crippen molar-refractivity contribution in [3.05, 3.63) is 63.6 Å². The van der Waals surface area contributed by atoms with Crippen LogP contribution in [0.15, 0.2) is 46.9 Å². The lowest BCUT2D eigenvalue weighted by molar-refractivity contribution is 0.0962. The normalized spacial score (nSPS) is 10.2. The largest absolute Gasteiger partial charge is 0.381 e. The first kappa shape index (κ1) is 14.6. The molecule has 0 bridgehead atoms. The number of halogens is 1. The van der Waals surface area contributed by atoms with Gasteiger partial charge in [-0.2, -0.15) is 0 Å². The summed E-state index contributed by atoms with van der Waals surface area (Å²) in [5, 5.41) is 6.04. The van der Waals surface area contributed by atoms with Crippen LogP contribution in [0.5, 0.6) is 0 Å². The van der Waals surface area contributed by atoms with Crippen molar-refractivity contribution < 1.29 is 4.79 Å². The Kier molecular flexibility index (Phi) is 4.79. The summed E-state index contributed by atoms with van der Waals surface area (Å²) in [6.45, 7) is 2.66. The van der Waals surface area contributed by atoms with E-state index in [1.54, 1.807) is 7.05 Å². The summed E-state index contributed by atoms with van der Waals surface area (Å²) in [5.74, 6) is -0.0629. The third kappa shape index (κ3) is 3.20. The SMILES string of the molecule is CNC(=O)c1cccc(NCc2ccccc2Br)c1C. The van der Waals surface area contributed by atoms with Crippen molar-refractivity contribution in [2.45, 2.75) is 13.5 Å². The lowest BCUT2D eigenvalue weighted by Gasteiger charge is -2.13. The zero-order chi connectivity index (χ0) is 14.5. The van der Waals surface area contributed by atoms with E-state index >= 15 is 0 Å². The van der Waals surface area contributed by atoms with E-state index in [9.17, 15) is 4.79 Å². The van der Waals surface area contributed by atoms with Gasteiger partial charge in [0.1, 0.15) is 0 Å². The van der Waals surface area contributed by atoms with E-state index in [4.69, 9.17) is 0 Å². The molecule has 0 atom stereocenters. The molecular weight excluding hydrogens is 316 g/mol. The average Bonchev–Trinajstić information content (AvgIpc) is 2.47. The van der Waals surface area contributed by atoms with Crippen LogP contribution in [0, 0.1) is 6.92 Å². The maximum absolute atomic E-state index is 11.8. The summed E-state index contributed by atoms with van der Waals surface area (Å²) in [6, 6.07) is 13.8. The Bertz CT molecular complexity index is 626. The molecule has 1 amide bonds. The Labute approximate surface area is 127 Å². The zero-order valence-corrected chi connectivity index (χ0v) is 13.1. The van der Waals surface area contributed by atoms with E-state index in [-0.39, 0.29) is 5.91 Å². The highest BCUT2D eigenvalue weighted by Crippen LogP contribution is 2.22. The first-order chi connectivity index (χ1) is 9.63. The van der Waals surface area contributed by atoms with Gasteiger partial charge in [-0.15, -0.1) is 0 Å². The maximum atomic E-state index is 11.8. The van der Waals surface area contributed by atoms with Gasteiger partial charge in [0.25, 0.3) is 5.91 Å².